The molecule has 1 aromatic carbocycles. The van der Waals surface area contributed by atoms with Crippen LogP contribution in [0.3, 0.4) is 0 Å². The minimum absolute atomic E-state index is 0.0249. The number of carbonyl (C=O) groups excluding carboxylic acids is 1. The molecule has 1 aliphatic heterocycles. The van der Waals surface area contributed by atoms with Crippen LogP contribution in [0.4, 0.5) is 13.2 Å². The summed E-state index contributed by atoms with van der Waals surface area (Å²) < 4.78 is 46.8. The maximum Gasteiger partial charge on any atom is 0.573 e. The maximum absolute atomic E-state index is 13.5. The second-order valence-electron chi connectivity index (χ2n) is 7.87. The molecule has 31 heavy (non-hydrogen) atoms. The molecule has 3 aliphatic rings. The van der Waals surface area contributed by atoms with Crippen LogP contribution in [0, 0.1) is 11.8 Å². The Morgan fingerprint density at radius 3 is 2.58 bits per heavy atom. The number of allylic oxidation sites excluding steroid dienone is 5. The van der Waals surface area contributed by atoms with Crippen LogP contribution >= 0.6 is 0 Å². The van der Waals surface area contributed by atoms with E-state index >= 15 is 0 Å². The Hall–Kier alpha value is -2.96. The van der Waals surface area contributed by atoms with Crippen molar-refractivity contribution < 1.29 is 27.4 Å². The van der Waals surface area contributed by atoms with Gasteiger partial charge in [0.1, 0.15) is 11.5 Å². The molecule has 164 valence electrons. The standard InChI is InChI=1S/C24H24F3NO3/c1-30-19-10-8-18(9-11-19)23(29)28-15-14-16-4-2-3-5-21(16)22(28)17-6-12-20(13-7-17)31-24(25,26)27/h2-4,6-8,10-13,18,21-22H,5,9,14-15H2,1H3. The van der Waals surface area contributed by atoms with Gasteiger partial charge in [-0.15, -0.1) is 13.2 Å². The lowest BCUT2D eigenvalue weighted by Gasteiger charge is -2.45. The van der Waals surface area contributed by atoms with E-state index in [1.807, 2.05) is 29.2 Å². The fourth-order valence-corrected chi connectivity index (χ4v) is 4.57. The summed E-state index contributed by atoms with van der Waals surface area (Å²) in [7, 11) is 1.59. The van der Waals surface area contributed by atoms with Crippen LogP contribution in [0.2, 0.25) is 0 Å². The molecule has 0 saturated carbocycles. The van der Waals surface area contributed by atoms with Gasteiger partial charge in [0.15, 0.2) is 0 Å². The molecule has 7 heteroatoms. The van der Waals surface area contributed by atoms with E-state index < -0.39 is 6.36 Å². The van der Waals surface area contributed by atoms with E-state index in [0.717, 1.165) is 24.2 Å². The molecule has 0 spiro atoms. The molecule has 4 nitrogen and oxygen atoms in total. The number of likely N-dealkylation sites (tertiary alicyclic amines) is 1. The van der Waals surface area contributed by atoms with Crippen molar-refractivity contribution in [3.05, 3.63) is 77.6 Å². The Balaban J connectivity index is 1.61. The zero-order valence-corrected chi connectivity index (χ0v) is 17.1. The van der Waals surface area contributed by atoms with Gasteiger partial charge in [-0.3, -0.25) is 4.79 Å². The highest BCUT2D eigenvalue weighted by Crippen LogP contribution is 2.44. The third-order valence-corrected chi connectivity index (χ3v) is 6.03. The van der Waals surface area contributed by atoms with Crippen molar-refractivity contribution in [1.82, 2.24) is 4.90 Å². The topological polar surface area (TPSA) is 38.8 Å². The number of amides is 1. The summed E-state index contributed by atoms with van der Waals surface area (Å²) >= 11 is 0. The molecule has 0 aromatic heterocycles. The molecule has 0 N–H and O–H groups in total. The highest BCUT2D eigenvalue weighted by Gasteiger charge is 2.40. The van der Waals surface area contributed by atoms with Crippen LogP contribution in [0.15, 0.2) is 72.1 Å². The number of fused-ring (bicyclic) bond motifs is 1. The van der Waals surface area contributed by atoms with Crippen molar-refractivity contribution >= 4 is 5.91 Å². The van der Waals surface area contributed by atoms with Gasteiger partial charge in [-0.25, -0.2) is 0 Å². The number of hydrogen-bond acceptors (Lipinski definition) is 3. The number of rotatable bonds is 4. The second-order valence-corrected chi connectivity index (χ2v) is 7.87. The van der Waals surface area contributed by atoms with Crippen LogP contribution in [0.25, 0.3) is 0 Å². The van der Waals surface area contributed by atoms with Gasteiger partial charge in [0.25, 0.3) is 0 Å². The summed E-state index contributed by atoms with van der Waals surface area (Å²) in [5, 5.41) is 0. The average Bonchev–Trinajstić information content (AvgIpc) is 2.77. The van der Waals surface area contributed by atoms with Crippen LogP contribution in [-0.2, 0) is 9.53 Å². The van der Waals surface area contributed by atoms with E-state index in [-0.39, 0.29) is 29.5 Å². The molecule has 4 rings (SSSR count). The summed E-state index contributed by atoms with van der Waals surface area (Å²) in [5.74, 6) is 0.323. The van der Waals surface area contributed by atoms with Gasteiger partial charge < -0.3 is 14.4 Å². The van der Waals surface area contributed by atoms with Crippen molar-refractivity contribution in [3.63, 3.8) is 0 Å². The highest BCUT2D eigenvalue weighted by atomic mass is 19.4. The first-order valence-corrected chi connectivity index (χ1v) is 10.3. The summed E-state index contributed by atoms with van der Waals surface area (Å²) in [6, 6.07) is 5.66. The van der Waals surface area contributed by atoms with Gasteiger partial charge >= 0.3 is 6.36 Å². The Morgan fingerprint density at radius 2 is 1.94 bits per heavy atom. The van der Waals surface area contributed by atoms with E-state index in [1.54, 1.807) is 19.2 Å². The molecule has 1 amide bonds. The summed E-state index contributed by atoms with van der Waals surface area (Å²) in [6.45, 7) is 0.575. The van der Waals surface area contributed by atoms with Crippen LogP contribution in [0.1, 0.15) is 30.9 Å². The number of halogens is 3. The highest BCUT2D eigenvalue weighted by molar-refractivity contribution is 5.82. The molecule has 0 bridgehead atoms. The van der Waals surface area contributed by atoms with E-state index in [4.69, 9.17) is 4.74 Å². The first-order chi connectivity index (χ1) is 14.9. The average molecular weight is 431 g/mol. The van der Waals surface area contributed by atoms with Gasteiger partial charge in [-0.2, -0.15) is 0 Å². The third-order valence-electron chi connectivity index (χ3n) is 6.03. The number of alkyl halides is 3. The van der Waals surface area contributed by atoms with E-state index in [2.05, 4.69) is 16.9 Å². The van der Waals surface area contributed by atoms with Crippen molar-refractivity contribution in [2.24, 2.45) is 11.8 Å². The molecule has 2 aliphatic carbocycles. The van der Waals surface area contributed by atoms with E-state index in [1.165, 1.54) is 17.7 Å². The Kier molecular flexibility index (Phi) is 5.94. The van der Waals surface area contributed by atoms with Crippen LogP contribution < -0.4 is 4.74 Å². The zero-order chi connectivity index (χ0) is 22.0. The third kappa shape index (κ3) is 4.70. The molecular formula is C24H24F3NO3. The molecule has 1 saturated heterocycles. The van der Waals surface area contributed by atoms with E-state index in [9.17, 15) is 18.0 Å². The number of nitrogens with zero attached hydrogens (tertiary/aromatic N) is 1. The molecular weight excluding hydrogens is 407 g/mol. The van der Waals surface area contributed by atoms with Crippen molar-refractivity contribution in [2.45, 2.75) is 31.7 Å². The first kappa shape index (κ1) is 21.3. The van der Waals surface area contributed by atoms with E-state index in [0.29, 0.717) is 13.0 Å². The van der Waals surface area contributed by atoms with Crippen molar-refractivity contribution in [3.8, 4) is 5.75 Å². The number of piperidine rings is 1. The molecule has 1 aromatic rings. The van der Waals surface area contributed by atoms with Crippen LogP contribution in [-0.4, -0.2) is 30.8 Å². The lowest BCUT2D eigenvalue weighted by Crippen LogP contribution is -2.46. The van der Waals surface area contributed by atoms with Gasteiger partial charge in [0, 0.05) is 12.5 Å². The van der Waals surface area contributed by atoms with Gasteiger partial charge in [0.05, 0.1) is 19.1 Å². The Bertz CT molecular complexity index is 944. The summed E-state index contributed by atoms with van der Waals surface area (Å²) in [4.78, 5) is 15.3. The van der Waals surface area contributed by atoms with Gasteiger partial charge in [-0.1, -0.05) is 42.0 Å². The fourth-order valence-electron chi connectivity index (χ4n) is 4.57. The number of methoxy groups -OCH3 is 1. The summed E-state index contributed by atoms with van der Waals surface area (Å²) in [6.07, 6.45) is 9.18. The normalized spacial score (nSPS) is 25.4. The monoisotopic (exact) mass is 431 g/mol. The van der Waals surface area contributed by atoms with Gasteiger partial charge in [0.2, 0.25) is 5.91 Å². The van der Waals surface area contributed by atoms with Crippen LogP contribution in [0.5, 0.6) is 5.75 Å². The predicted molar refractivity (Wildman–Crippen MR) is 110 cm³/mol. The number of ether oxygens (including phenoxy) is 2. The summed E-state index contributed by atoms with van der Waals surface area (Å²) in [5.41, 5.74) is 2.08. The van der Waals surface area contributed by atoms with Crippen molar-refractivity contribution in [1.29, 1.82) is 0 Å². The number of carbonyl (C=O) groups is 1. The second kappa shape index (κ2) is 8.65. The maximum atomic E-state index is 13.5. The quantitative estimate of drug-likeness (QED) is 0.635. The van der Waals surface area contributed by atoms with Crippen molar-refractivity contribution in [2.75, 3.05) is 13.7 Å². The first-order valence-electron chi connectivity index (χ1n) is 10.3. The molecule has 1 heterocycles. The largest absolute Gasteiger partial charge is 0.573 e. The fraction of sp³-hybridized carbons (Fsp3) is 0.375. The molecule has 3 atom stereocenters. The minimum Gasteiger partial charge on any atom is -0.497 e. The molecule has 1 fully saturated rings. The lowest BCUT2D eigenvalue weighted by molar-refractivity contribution is -0.274. The predicted octanol–water partition coefficient (Wildman–Crippen LogP) is 5.47. The minimum atomic E-state index is -4.74. The molecule has 0 radical (unpaired) electrons. The Morgan fingerprint density at radius 1 is 1.16 bits per heavy atom. The van der Waals surface area contributed by atoms with Gasteiger partial charge in [-0.05, 0) is 49.1 Å². The smallest absolute Gasteiger partial charge is 0.497 e. The molecule has 3 unspecified atom stereocenters. The SMILES string of the molecule is COC1=CCC(C(=O)N2CCC3=CC=CCC3C2c2ccc(OC(F)(F)F)cc2)C=C1. The lowest BCUT2D eigenvalue weighted by atomic mass is 9.76. The zero-order valence-electron chi connectivity index (χ0n) is 17.1. The Labute approximate surface area is 179 Å². The number of benzene rings is 1. The number of hydrogen-bond donors (Lipinski definition) is 0.